The first-order chi connectivity index (χ1) is 7.79. The molecule has 0 spiro atoms. The van der Waals surface area contributed by atoms with Crippen LogP contribution in [0, 0.1) is 11.3 Å². The maximum absolute atomic E-state index is 11.6. The van der Waals surface area contributed by atoms with E-state index in [1.54, 1.807) is 16.8 Å². The third-order valence-electron chi connectivity index (χ3n) is 2.45. The molecule has 0 saturated carbocycles. The Morgan fingerprint density at radius 2 is 2.06 bits per heavy atom. The van der Waals surface area contributed by atoms with E-state index >= 15 is 0 Å². The fourth-order valence-electron chi connectivity index (χ4n) is 1.55. The molecule has 1 rings (SSSR count). The molecule has 0 saturated heterocycles. The largest absolute Gasteiger partial charge is 0.396 e. The van der Waals surface area contributed by atoms with Gasteiger partial charge in [-0.15, -0.1) is 0 Å². The molecule has 86 valence electrons. The fourth-order valence-corrected chi connectivity index (χ4v) is 1.55. The molecule has 1 N–H and O–H groups in total. The minimum absolute atomic E-state index is 0.192. The number of unbranched alkanes of at least 4 members (excludes halogenated alkanes) is 3. The molecule has 4 heteroatoms. The van der Waals surface area contributed by atoms with E-state index in [1.807, 2.05) is 6.07 Å². The molecule has 0 aromatic carbocycles. The second-order valence-electron chi connectivity index (χ2n) is 3.67. The number of nitrogens with zero attached hydrogens (tertiary/aromatic N) is 2. The van der Waals surface area contributed by atoms with Gasteiger partial charge in [-0.2, -0.15) is 5.26 Å². The Morgan fingerprint density at radius 1 is 1.31 bits per heavy atom. The predicted molar refractivity (Wildman–Crippen MR) is 61.0 cm³/mol. The predicted octanol–water partition coefficient (Wildman–Crippen LogP) is 1.27. The van der Waals surface area contributed by atoms with Gasteiger partial charge in [0.15, 0.2) is 0 Å². The second kappa shape index (κ2) is 6.81. The Labute approximate surface area is 94.8 Å². The molecule has 1 aromatic rings. The van der Waals surface area contributed by atoms with Crippen LogP contribution in [-0.2, 0) is 6.54 Å². The van der Waals surface area contributed by atoms with Crippen molar-refractivity contribution < 1.29 is 5.11 Å². The first-order valence-electron chi connectivity index (χ1n) is 5.50. The summed E-state index contributed by atoms with van der Waals surface area (Å²) in [5.41, 5.74) is -0.0231. The standard InChI is InChI=1S/C12H16N2O2/c13-10-11-6-5-8-14(12(11)16)7-3-1-2-4-9-15/h5-6,8,15H,1-4,7,9H2. The number of aromatic nitrogens is 1. The Balaban J connectivity index is 2.49. The van der Waals surface area contributed by atoms with E-state index in [2.05, 4.69) is 0 Å². The second-order valence-corrected chi connectivity index (χ2v) is 3.67. The topological polar surface area (TPSA) is 66.0 Å². The van der Waals surface area contributed by atoms with Crippen LogP contribution in [0.5, 0.6) is 0 Å². The maximum Gasteiger partial charge on any atom is 0.268 e. The summed E-state index contributed by atoms with van der Waals surface area (Å²) in [6.07, 6.45) is 5.38. The monoisotopic (exact) mass is 220 g/mol. The van der Waals surface area contributed by atoms with Gasteiger partial charge in [0.1, 0.15) is 11.6 Å². The summed E-state index contributed by atoms with van der Waals surface area (Å²) in [4.78, 5) is 11.6. The minimum atomic E-state index is -0.216. The molecule has 0 amide bonds. The molecule has 1 aromatic heterocycles. The van der Waals surface area contributed by atoms with Gasteiger partial charge in [-0.1, -0.05) is 12.8 Å². The number of aryl methyl sites for hydroxylation is 1. The van der Waals surface area contributed by atoms with Crippen molar-refractivity contribution in [2.45, 2.75) is 32.2 Å². The molecule has 0 radical (unpaired) electrons. The van der Waals surface area contributed by atoms with Gasteiger partial charge in [0.2, 0.25) is 0 Å². The highest BCUT2D eigenvalue weighted by molar-refractivity contribution is 5.24. The third-order valence-corrected chi connectivity index (χ3v) is 2.45. The number of nitriles is 1. The number of rotatable bonds is 6. The average Bonchev–Trinajstić information content (AvgIpc) is 2.31. The number of pyridine rings is 1. The first-order valence-corrected chi connectivity index (χ1v) is 5.50. The Kier molecular flexibility index (Phi) is 5.30. The molecule has 16 heavy (non-hydrogen) atoms. The van der Waals surface area contributed by atoms with Crippen LogP contribution in [0.15, 0.2) is 23.1 Å². The van der Waals surface area contributed by atoms with Crippen LogP contribution in [0.25, 0.3) is 0 Å². The van der Waals surface area contributed by atoms with Crippen molar-refractivity contribution in [2.75, 3.05) is 6.61 Å². The Bertz CT molecular complexity index is 418. The summed E-state index contributed by atoms with van der Waals surface area (Å²) in [6.45, 7) is 0.865. The van der Waals surface area contributed by atoms with Gasteiger partial charge in [-0.3, -0.25) is 4.79 Å². The lowest BCUT2D eigenvalue weighted by molar-refractivity contribution is 0.282. The molecule has 0 aliphatic carbocycles. The normalized spacial score (nSPS) is 10.0. The lowest BCUT2D eigenvalue weighted by Gasteiger charge is -2.05. The number of aliphatic hydroxyl groups excluding tert-OH is 1. The van der Waals surface area contributed by atoms with E-state index in [1.165, 1.54) is 6.07 Å². The van der Waals surface area contributed by atoms with Crippen molar-refractivity contribution in [3.05, 3.63) is 34.2 Å². The molecule has 4 nitrogen and oxygen atoms in total. The van der Waals surface area contributed by atoms with Crippen LogP contribution in [0.1, 0.15) is 31.2 Å². The molecule has 0 unspecified atom stereocenters. The van der Waals surface area contributed by atoms with Crippen LogP contribution in [0.4, 0.5) is 0 Å². The molecule has 0 fully saturated rings. The van der Waals surface area contributed by atoms with Gasteiger partial charge in [-0.25, -0.2) is 0 Å². The highest BCUT2D eigenvalue weighted by Gasteiger charge is 2.00. The summed E-state index contributed by atoms with van der Waals surface area (Å²) in [7, 11) is 0. The van der Waals surface area contributed by atoms with Crippen LogP contribution < -0.4 is 5.56 Å². The van der Waals surface area contributed by atoms with Crippen LogP contribution >= 0.6 is 0 Å². The summed E-state index contributed by atoms with van der Waals surface area (Å²) in [5.74, 6) is 0. The quantitative estimate of drug-likeness (QED) is 0.734. The smallest absolute Gasteiger partial charge is 0.268 e. The molecule has 0 atom stereocenters. The average molecular weight is 220 g/mol. The van der Waals surface area contributed by atoms with E-state index in [0.717, 1.165) is 25.7 Å². The van der Waals surface area contributed by atoms with Crippen molar-refractivity contribution in [1.82, 2.24) is 4.57 Å². The zero-order valence-electron chi connectivity index (χ0n) is 9.22. The number of aliphatic hydroxyl groups is 1. The SMILES string of the molecule is N#Cc1cccn(CCCCCCO)c1=O. The van der Waals surface area contributed by atoms with E-state index in [-0.39, 0.29) is 17.7 Å². The van der Waals surface area contributed by atoms with Crippen molar-refractivity contribution in [1.29, 1.82) is 5.26 Å². The van der Waals surface area contributed by atoms with Gasteiger partial charge < -0.3 is 9.67 Å². The number of hydrogen-bond donors (Lipinski definition) is 1. The molecule has 0 bridgehead atoms. The maximum atomic E-state index is 11.6. The lowest BCUT2D eigenvalue weighted by Crippen LogP contribution is -2.21. The molecular formula is C12H16N2O2. The van der Waals surface area contributed by atoms with Gasteiger partial charge in [0.25, 0.3) is 5.56 Å². The Hall–Kier alpha value is -1.60. The van der Waals surface area contributed by atoms with Gasteiger partial charge in [-0.05, 0) is 25.0 Å². The van der Waals surface area contributed by atoms with Crippen LogP contribution in [0.2, 0.25) is 0 Å². The van der Waals surface area contributed by atoms with Crippen LogP contribution in [0.3, 0.4) is 0 Å². The van der Waals surface area contributed by atoms with E-state index in [4.69, 9.17) is 10.4 Å². The summed E-state index contributed by atoms with van der Waals surface area (Å²) in [6, 6.07) is 5.13. The third kappa shape index (κ3) is 3.52. The first kappa shape index (κ1) is 12.5. The van der Waals surface area contributed by atoms with E-state index in [9.17, 15) is 4.79 Å². The molecular weight excluding hydrogens is 204 g/mol. The van der Waals surface area contributed by atoms with Crippen molar-refractivity contribution >= 4 is 0 Å². The lowest BCUT2D eigenvalue weighted by atomic mass is 10.2. The van der Waals surface area contributed by atoms with Crippen molar-refractivity contribution in [3.63, 3.8) is 0 Å². The van der Waals surface area contributed by atoms with Gasteiger partial charge in [0, 0.05) is 19.3 Å². The highest BCUT2D eigenvalue weighted by atomic mass is 16.2. The minimum Gasteiger partial charge on any atom is -0.396 e. The van der Waals surface area contributed by atoms with Crippen LogP contribution in [-0.4, -0.2) is 16.3 Å². The summed E-state index contributed by atoms with van der Waals surface area (Å²) >= 11 is 0. The van der Waals surface area contributed by atoms with Gasteiger partial charge >= 0.3 is 0 Å². The number of hydrogen-bond acceptors (Lipinski definition) is 3. The van der Waals surface area contributed by atoms with Crippen molar-refractivity contribution in [3.8, 4) is 6.07 Å². The molecule has 1 heterocycles. The fraction of sp³-hybridized carbons (Fsp3) is 0.500. The zero-order chi connectivity index (χ0) is 11.8. The Morgan fingerprint density at radius 3 is 2.75 bits per heavy atom. The zero-order valence-corrected chi connectivity index (χ0v) is 9.22. The molecule has 0 aliphatic heterocycles. The highest BCUT2D eigenvalue weighted by Crippen LogP contribution is 2.01. The van der Waals surface area contributed by atoms with E-state index in [0.29, 0.717) is 6.54 Å². The summed E-state index contributed by atoms with van der Waals surface area (Å²) < 4.78 is 1.57. The van der Waals surface area contributed by atoms with E-state index < -0.39 is 0 Å². The summed E-state index contributed by atoms with van der Waals surface area (Å²) in [5, 5.41) is 17.3. The molecule has 0 aliphatic rings. The van der Waals surface area contributed by atoms with Gasteiger partial charge in [0.05, 0.1) is 0 Å². The van der Waals surface area contributed by atoms with Crippen molar-refractivity contribution in [2.24, 2.45) is 0 Å².